The zero-order chi connectivity index (χ0) is 15.5. The maximum absolute atomic E-state index is 12.2. The summed E-state index contributed by atoms with van der Waals surface area (Å²) in [6.45, 7) is 5.58. The molecule has 6 nitrogen and oxygen atoms in total. The second kappa shape index (κ2) is 6.23. The second-order valence-electron chi connectivity index (χ2n) is 4.69. The van der Waals surface area contributed by atoms with Crippen molar-refractivity contribution in [2.24, 2.45) is 0 Å². The van der Waals surface area contributed by atoms with Crippen LogP contribution in [0.1, 0.15) is 18.1 Å². The van der Waals surface area contributed by atoms with E-state index in [9.17, 15) is 13.2 Å². The lowest BCUT2D eigenvalue weighted by Gasteiger charge is -2.16. The van der Waals surface area contributed by atoms with E-state index in [-0.39, 0.29) is 17.3 Å². The summed E-state index contributed by atoms with van der Waals surface area (Å²) in [6, 6.07) is 3.11. The van der Waals surface area contributed by atoms with Gasteiger partial charge in [0.1, 0.15) is 0 Å². The third kappa shape index (κ3) is 3.71. The number of rotatable bonds is 5. The number of hydrogen-bond donors (Lipinski definition) is 2. The van der Waals surface area contributed by atoms with Gasteiger partial charge in [-0.15, -0.1) is 0 Å². The molecule has 112 valence electrons. The minimum Gasteiger partial charge on any atom is -0.399 e. The highest BCUT2D eigenvalue weighted by molar-refractivity contribution is 7.89. The van der Waals surface area contributed by atoms with Crippen molar-refractivity contribution in [2.75, 3.05) is 25.9 Å². The van der Waals surface area contributed by atoms with Gasteiger partial charge in [-0.3, -0.25) is 4.79 Å². The van der Waals surface area contributed by atoms with Crippen LogP contribution in [-0.4, -0.2) is 39.4 Å². The number of likely N-dealkylation sites (N-methyl/N-ethyl adjacent to an activating group) is 1. The Morgan fingerprint density at radius 2 is 1.95 bits per heavy atom. The average Bonchev–Trinajstić information content (AvgIpc) is 2.39. The third-order valence-corrected chi connectivity index (χ3v) is 4.77. The topological polar surface area (TPSA) is 92.5 Å². The maximum Gasteiger partial charge on any atom is 0.241 e. The molecule has 0 heterocycles. The smallest absolute Gasteiger partial charge is 0.241 e. The van der Waals surface area contributed by atoms with Gasteiger partial charge in [0.05, 0.1) is 11.4 Å². The molecular formula is C13H21N3O3S. The average molecular weight is 299 g/mol. The van der Waals surface area contributed by atoms with Gasteiger partial charge in [0.25, 0.3) is 0 Å². The Balaban J connectivity index is 2.98. The van der Waals surface area contributed by atoms with E-state index >= 15 is 0 Å². The van der Waals surface area contributed by atoms with Crippen LogP contribution in [0.25, 0.3) is 0 Å². The molecule has 0 aromatic heterocycles. The van der Waals surface area contributed by atoms with Gasteiger partial charge in [-0.05, 0) is 44.0 Å². The molecule has 0 aliphatic rings. The molecule has 7 heteroatoms. The van der Waals surface area contributed by atoms with Crippen LogP contribution in [0.4, 0.5) is 5.69 Å². The predicted molar refractivity (Wildman–Crippen MR) is 78.8 cm³/mol. The SMILES string of the molecule is CCN(C)C(=O)CNS(=O)(=O)c1cc(N)cc(C)c1C. The van der Waals surface area contributed by atoms with Gasteiger partial charge < -0.3 is 10.6 Å². The van der Waals surface area contributed by atoms with Crippen molar-refractivity contribution in [1.82, 2.24) is 9.62 Å². The lowest BCUT2D eigenvalue weighted by Crippen LogP contribution is -2.38. The molecule has 1 rings (SSSR count). The van der Waals surface area contributed by atoms with Crippen LogP contribution in [-0.2, 0) is 14.8 Å². The summed E-state index contributed by atoms with van der Waals surface area (Å²) in [5.74, 6) is -0.283. The number of sulfonamides is 1. The van der Waals surface area contributed by atoms with Crippen molar-refractivity contribution in [3.63, 3.8) is 0 Å². The van der Waals surface area contributed by atoms with Gasteiger partial charge in [-0.1, -0.05) is 0 Å². The monoisotopic (exact) mass is 299 g/mol. The van der Waals surface area contributed by atoms with Gasteiger partial charge in [0.2, 0.25) is 15.9 Å². The van der Waals surface area contributed by atoms with E-state index in [1.54, 1.807) is 27.0 Å². The number of carbonyl (C=O) groups is 1. The largest absolute Gasteiger partial charge is 0.399 e. The van der Waals surface area contributed by atoms with Crippen molar-refractivity contribution >= 4 is 21.6 Å². The van der Waals surface area contributed by atoms with Gasteiger partial charge in [0.15, 0.2) is 0 Å². The molecular weight excluding hydrogens is 278 g/mol. The summed E-state index contributed by atoms with van der Waals surface area (Å²) in [5.41, 5.74) is 7.49. The number of nitrogens with one attached hydrogen (secondary N) is 1. The van der Waals surface area contributed by atoms with Crippen molar-refractivity contribution < 1.29 is 13.2 Å². The molecule has 0 radical (unpaired) electrons. The molecule has 0 aliphatic carbocycles. The van der Waals surface area contributed by atoms with Crippen LogP contribution in [0, 0.1) is 13.8 Å². The molecule has 0 fully saturated rings. The van der Waals surface area contributed by atoms with Gasteiger partial charge in [0, 0.05) is 19.3 Å². The minimum absolute atomic E-state index is 0.113. The Morgan fingerprint density at radius 3 is 2.50 bits per heavy atom. The third-order valence-electron chi connectivity index (χ3n) is 3.25. The van der Waals surface area contributed by atoms with Crippen LogP contribution < -0.4 is 10.5 Å². The first-order valence-corrected chi connectivity index (χ1v) is 7.77. The Bertz CT molecular complexity index is 612. The number of amides is 1. The highest BCUT2D eigenvalue weighted by Gasteiger charge is 2.20. The molecule has 0 saturated carbocycles. The van der Waals surface area contributed by atoms with Crippen molar-refractivity contribution in [2.45, 2.75) is 25.7 Å². The standard InChI is InChI=1S/C13H21N3O3S/c1-5-16(4)13(17)8-15-20(18,19)12-7-11(14)6-9(2)10(12)3/h6-7,15H,5,8,14H2,1-4H3. The normalized spacial score (nSPS) is 11.4. The molecule has 0 saturated heterocycles. The first-order chi connectivity index (χ1) is 9.19. The summed E-state index contributed by atoms with van der Waals surface area (Å²) < 4.78 is 26.8. The van der Waals surface area contributed by atoms with Crippen LogP contribution in [0.2, 0.25) is 0 Å². The highest BCUT2D eigenvalue weighted by atomic mass is 32.2. The number of nitrogen functional groups attached to an aromatic ring is 1. The fraction of sp³-hybridized carbons (Fsp3) is 0.462. The van der Waals surface area contributed by atoms with Crippen LogP contribution in [0.15, 0.2) is 17.0 Å². The number of carbonyl (C=O) groups excluding carboxylic acids is 1. The first kappa shape index (κ1) is 16.5. The van der Waals surface area contributed by atoms with E-state index < -0.39 is 10.0 Å². The maximum atomic E-state index is 12.2. The minimum atomic E-state index is -3.75. The van der Waals surface area contributed by atoms with Crippen LogP contribution in [0.5, 0.6) is 0 Å². The van der Waals surface area contributed by atoms with E-state index in [4.69, 9.17) is 5.73 Å². The van der Waals surface area contributed by atoms with Crippen molar-refractivity contribution in [1.29, 1.82) is 0 Å². The number of aryl methyl sites for hydroxylation is 1. The zero-order valence-electron chi connectivity index (χ0n) is 12.2. The molecule has 0 unspecified atom stereocenters. The highest BCUT2D eigenvalue weighted by Crippen LogP contribution is 2.22. The predicted octanol–water partition coefficient (Wildman–Crippen LogP) is 0.642. The van der Waals surface area contributed by atoms with Crippen molar-refractivity contribution in [3.8, 4) is 0 Å². The molecule has 20 heavy (non-hydrogen) atoms. The number of nitrogens with two attached hydrogens (primary N) is 1. The lowest BCUT2D eigenvalue weighted by atomic mass is 10.1. The van der Waals surface area contributed by atoms with Gasteiger partial charge in [-0.25, -0.2) is 13.1 Å². The summed E-state index contributed by atoms with van der Waals surface area (Å²) in [6.07, 6.45) is 0. The number of benzene rings is 1. The van der Waals surface area contributed by atoms with E-state index in [2.05, 4.69) is 4.72 Å². The molecule has 1 aromatic rings. The Kier molecular flexibility index (Phi) is 5.13. The molecule has 0 atom stereocenters. The Hall–Kier alpha value is -1.60. The van der Waals surface area contributed by atoms with Crippen LogP contribution >= 0.6 is 0 Å². The Labute approximate surface area is 120 Å². The second-order valence-corrected chi connectivity index (χ2v) is 6.43. The molecule has 0 spiro atoms. The fourth-order valence-electron chi connectivity index (χ4n) is 1.68. The zero-order valence-corrected chi connectivity index (χ0v) is 13.0. The molecule has 3 N–H and O–H groups in total. The quantitative estimate of drug-likeness (QED) is 0.780. The first-order valence-electron chi connectivity index (χ1n) is 6.29. The number of hydrogen-bond acceptors (Lipinski definition) is 4. The van der Waals surface area contributed by atoms with Crippen LogP contribution in [0.3, 0.4) is 0 Å². The van der Waals surface area contributed by atoms with Gasteiger partial charge in [-0.2, -0.15) is 0 Å². The Morgan fingerprint density at radius 1 is 1.35 bits per heavy atom. The summed E-state index contributed by atoms with van der Waals surface area (Å²) in [4.78, 5) is 13.2. The summed E-state index contributed by atoms with van der Waals surface area (Å²) in [5, 5.41) is 0. The molecule has 1 aromatic carbocycles. The molecule has 0 aliphatic heterocycles. The molecule has 1 amide bonds. The molecule has 0 bridgehead atoms. The van der Waals surface area contributed by atoms with E-state index in [1.807, 2.05) is 6.92 Å². The van der Waals surface area contributed by atoms with E-state index in [0.717, 1.165) is 5.56 Å². The number of anilines is 1. The van der Waals surface area contributed by atoms with Gasteiger partial charge >= 0.3 is 0 Å². The fourth-order valence-corrected chi connectivity index (χ4v) is 3.00. The lowest BCUT2D eigenvalue weighted by molar-refractivity contribution is -0.128. The number of nitrogens with zero attached hydrogens (tertiary/aromatic N) is 1. The van der Waals surface area contributed by atoms with E-state index in [1.165, 1.54) is 11.0 Å². The van der Waals surface area contributed by atoms with E-state index in [0.29, 0.717) is 17.8 Å². The summed E-state index contributed by atoms with van der Waals surface area (Å²) in [7, 11) is -2.13. The van der Waals surface area contributed by atoms with Crippen molar-refractivity contribution in [3.05, 3.63) is 23.3 Å². The summed E-state index contributed by atoms with van der Waals surface area (Å²) >= 11 is 0.